The molecule has 0 amide bonds. The minimum absolute atomic E-state index is 0.621. The highest BCUT2D eigenvalue weighted by atomic mass is 32.1. The maximum atomic E-state index is 5.93. The smallest absolute Gasteiger partial charge is 0.183 e. The number of methoxy groups -OCH3 is 1. The molecule has 0 atom stereocenters. The largest absolute Gasteiger partial charge is 0.383 e. The summed E-state index contributed by atoms with van der Waals surface area (Å²) in [6, 6.07) is 8.25. The molecule has 0 fully saturated rings. The lowest BCUT2D eigenvalue weighted by Gasteiger charge is -2.16. The van der Waals surface area contributed by atoms with Crippen LogP contribution in [0.1, 0.15) is 11.1 Å². The highest BCUT2D eigenvalue weighted by molar-refractivity contribution is 7.22. The molecule has 0 bridgehead atoms. The molecule has 2 radical (unpaired) electrons. The zero-order valence-electron chi connectivity index (χ0n) is 13.3. The molecule has 0 spiro atoms. The molecule has 3 aromatic rings. The van der Waals surface area contributed by atoms with Crippen molar-refractivity contribution < 1.29 is 4.74 Å². The quantitative estimate of drug-likeness (QED) is 0.653. The first-order valence-corrected chi connectivity index (χ1v) is 8.28. The van der Waals surface area contributed by atoms with Crippen LogP contribution in [-0.4, -0.2) is 43.0 Å². The number of hydrogen-bond acceptors (Lipinski definition) is 5. The van der Waals surface area contributed by atoms with Gasteiger partial charge in [-0.05, 0) is 36.2 Å². The minimum atomic E-state index is 0.621. The Balaban J connectivity index is 1.77. The lowest BCUT2D eigenvalue weighted by Crippen LogP contribution is -2.23. The van der Waals surface area contributed by atoms with Gasteiger partial charge < -0.3 is 9.55 Å². The van der Waals surface area contributed by atoms with Crippen LogP contribution < -0.4 is 0 Å². The van der Waals surface area contributed by atoms with E-state index in [1.165, 1.54) is 10.3 Å². The molecule has 0 unspecified atom stereocenters. The van der Waals surface area contributed by atoms with Gasteiger partial charge in [0.25, 0.3) is 0 Å². The zero-order chi connectivity index (χ0) is 16.2. The van der Waals surface area contributed by atoms with Crippen molar-refractivity contribution in [1.82, 2.24) is 14.8 Å². The first-order chi connectivity index (χ1) is 11.2. The Morgan fingerprint density at radius 3 is 2.83 bits per heavy atom. The van der Waals surface area contributed by atoms with E-state index < -0.39 is 0 Å². The Morgan fingerprint density at radius 2 is 2.13 bits per heavy atom. The van der Waals surface area contributed by atoms with E-state index in [0.717, 1.165) is 21.7 Å². The van der Waals surface area contributed by atoms with Gasteiger partial charge in [-0.25, -0.2) is 0 Å². The van der Waals surface area contributed by atoms with E-state index in [4.69, 9.17) is 12.7 Å². The molecular formula is C17H18BN3OS. The Morgan fingerprint density at radius 1 is 1.26 bits per heavy atom. The second-order valence-electron chi connectivity index (χ2n) is 5.47. The van der Waals surface area contributed by atoms with Crippen LogP contribution in [0, 0.1) is 6.92 Å². The fourth-order valence-corrected chi connectivity index (χ4v) is 3.44. The SMILES string of the molecule is [B]N(CCOC)Cc1ccc(-c2cc3nccc(C)c3s2)nc1. The molecule has 0 N–H and O–H groups in total. The highest BCUT2D eigenvalue weighted by Crippen LogP contribution is 2.33. The first-order valence-electron chi connectivity index (χ1n) is 7.46. The van der Waals surface area contributed by atoms with Gasteiger partial charge >= 0.3 is 0 Å². The third kappa shape index (κ3) is 3.78. The molecule has 3 aromatic heterocycles. The normalized spacial score (nSPS) is 11.4. The standard InChI is InChI=1S/C17H18BN3OS/c1-12-5-6-19-15-9-16(23-17(12)15)14-4-3-13(10-20-14)11-21(18)7-8-22-2/h3-6,9-10H,7-8,11H2,1-2H3. The van der Waals surface area contributed by atoms with Crippen molar-refractivity contribution in [2.24, 2.45) is 0 Å². The molecule has 4 nitrogen and oxygen atoms in total. The van der Waals surface area contributed by atoms with Crippen LogP contribution in [0.2, 0.25) is 0 Å². The summed E-state index contributed by atoms with van der Waals surface area (Å²) in [5.74, 6) is 0. The molecule has 0 aliphatic carbocycles. The van der Waals surface area contributed by atoms with Crippen molar-refractivity contribution in [2.75, 3.05) is 20.3 Å². The van der Waals surface area contributed by atoms with E-state index >= 15 is 0 Å². The van der Waals surface area contributed by atoms with Crippen molar-refractivity contribution in [3.8, 4) is 10.6 Å². The second-order valence-corrected chi connectivity index (χ2v) is 6.52. The fourth-order valence-electron chi connectivity index (χ4n) is 2.38. The minimum Gasteiger partial charge on any atom is -0.383 e. The Kier molecular flexibility index (Phi) is 5.05. The van der Waals surface area contributed by atoms with Gasteiger partial charge in [-0.3, -0.25) is 9.97 Å². The van der Waals surface area contributed by atoms with E-state index in [-0.39, 0.29) is 0 Å². The number of rotatable bonds is 6. The van der Waals surface area contributed by atoms with Crippen LogP contribution in [0.3, 0.4) is 0 Å². The predicted molar refractivity (Wildman–Crippen MR) is 95.6 cm³/mol. The number of thiophene rings is 1. The van der Waals surface area contributed by atoms with E-state index in [1.54, 1.807) is 23.3 Å². The summed E-state index contributed by atoms with van der Waals surface area (Å²) in [5.41, 5.74) is 4.34. The van der Waals surface area contributed by atoms with Crippen molar-refractivity contribution in [1.29, 1.82) is 0 Å². The zero-order valence-corrected chi connectivity index (χ0v) is 14.1. The van der Waals surface area contributed by atoms with Gasteiger partial charge in [-0.2, -0.15) is 0 Å². The van der Waals surface area contributed by atoms with Gasteiger partial charge in [-0.15, -0.1) is 11.3 Å². The van der Waals surface area contributed by atoms with Gasteiger partial charge in [0.15, 0.2) is 7.98 Å². The molecule has 3 heterocycles. The Bertz CT molecular complexity index is 788. The summed E-state index contributed by atoms with van der Waals surface area (Å²) in [6.07, 6.45) is 3.73. The van der Waals surface area contributed by atoms with Crippen molar-refractivity contribution >= 4 is 29.5 Å². The summed E-state index contributed by atoms with van der Waals surface area (Å²) < 4.78 is 6.25. The summed E-state index contributed by atoms with van der Waals surface area (Å²) in [7, 11) is 7.60. The van der Waals surface area contributed by atoms with Crippen LogP contribution in [0.25, 0.3) is 20.8 Å². The van der Waals surface area contributed by atoms with Gasteiger partial charge in [0, 0.05) is 32.6 Å². The summed E-state index contributed by atoms with van der Waals surface area (Å²) in [6.45, 7) is 4.08. The molecule has 0 saturated heterocycles. The summed E-state index contributed by atoms with van der Waals surface area (Å²) in [4.78, 5) is 11.9. The number of aromatic nitrogens is 2. The third-order valence-electron chi connectivity index (χ3n) is 3.65. The topological polar surface area (TPSA) is 38.2 Å². The Labute approximate surface area is 141 Å². The molecule has 23 heavy (non-hydrogen) atoms. The lowest BCUT2D eigenvalue weighted by atomic mass is 10.2. The molecule has 116 valence electrons. The van der Waals surface area contributed by atoms with Gasteiger partial charge in [-0.1, -0.05) is 6.07 Å². The van der Waals surface area contributed by atoms with Gasteiger partial charge in [0.05, 0.1) is 27.4 Å². The number of pyridine rings is 2. The van der Waals surface area contributed by atoms with Crippen molar-refractivity contribution in [3.63, 3.8) is 0 Å². The van der Waals surface area contributed by atoms with E-state index in [9.17, 15) is 0 Å². The molecule has 0 aromatic carbocycles. The fraction of sp³-hybridized carbons (Fsp3) is 0.294. The van der Waals surface area contributed by atoms with E-state index in [2.05, 4.69) is 29.0 Å². The van der Waals surface area contributed by atoms with E-state index in [1.807, 2.05) is 24.5 Å². The second kappa shape index (κ2) is 7.21. The molecule has 0 aliphatic rings. The van der Waals surface area contributed by atoms with Crippen LogP contribution in [-0.2, 0) is 11.3 Å². The van der Waals surface area contributed by atoms with Crippen LogP contribution >= 0.6 is 11.3 Å². The van der Waals surface area contributed by atoms with Gasteiger partial charge in [0.1, 0.15) is 0 Å². The maximum absolute atomic E-state index is 5.93. The monoisotopic (exact) mass is 323 g/mol. The average molecular weight is 323 g/mol. The van der Waals surface area contributed by atoms with Crippen LogP contribution in [0.4, 0.5) is 0 Å². The molecular weight excluding hydrogens is 305 g/mol. The van der Waals surface area contributed by atoms with Crippen LogP contribution in [0.15, 0.2) is 36.7 Å². The van der Waals surface area contributed by atoms with Gasteiger partial charge in [0.2, 0.25) is 0 Å². The van der Waals surface area contributed by atoms with Crippen molar-refractivity contribution in [2.45, 2.75) is 13.5 Å². The van der Waals surface area contributed by atoms with Crippen LogP contribution in [0.5, 0.6) is 0 Å². The van der Waals surface area contributed by atoms with Crippen molar-refractivity contribution in [3.05, 3.63) is 47.8 Å². The average Bonchev–Trinajstić information content (AvgIpc) is 2.99. The molecule has 0 aliphatic heterocycles. The summed E-state index contributed by atoms with van der Waals surface area (Å²) in [5, 5.41) is 0. The number of ether oxygens (including phenoxy) is 1. The number of hydrogen-bond donors (Lipinski definition) is 0. The number of nitrogens with zero attached hydrogens (tertiary/aromatic N) is 3. The highest BCUT2D eigenvalue weighted by Gasteiger charge is 2.08. The maximum Gasteiger partial charge on any atom is 0.183 e. The van der Waals surface area contributed by atoms with E-state index in [0.29, 0.717) is 19.7 Å². The first kappa shape index (κ1) is 16.1. The number of fused-ring (bicyclic) bond motifs is 1. The predicted octanol–water partition coefficient (Wildman–Crippen LogP) is 3.20. The molecule has 0 saturated carbocycles. The third-order valence-corrected chi connectivity index (χ3v) is 4.94. The lowest BCUT2D eigenvalue weighted by molar-refractivity contribution is 0.179. The molecule has 6 heteroatoms. The number of aryl methyl sites for hydroxylation is 1. The summed E-state index contributed by atoms with van der Waals surface area (Å²) >= 11 is 1.73. The Hall–Kier alpha value is -1.76. The molecule has 3 rings (SSSR count).